The lowest BCUT2D eigenvalue weighted by Crippen LogP contribution is -2.30. The molecule has 0 saturated carbocycles. The summed E-state index contributed by atoms with van der Waals surface area (Å²) < 4.78 is 17.0. The van der Waals surface area contributed by atoms with Gasteiger partial charge in [0.05, 0.1) is 0 Å². The van der Waals surface area contributed by atoms with Gasteiger partial charge in [-0.2, -0.15) is 0 Å². The molecule has 474 valence electrons. The summed E-state index contributed by atoms with van der Waals surface area (Å²) in [6, 6.07) is 0. The zero-order chi connectivity index (χ0) is 58.5. The Labute approximate surface area is 505 Å². The maximum Gasteiger partial charge on any atom is 0.306 e. The molecule has 0 aliphatic rings. The number of rotatable bonds is 67. The van der Waals surface area contributed by atoms with E-state index in [1.54, 1.807) is 0 Å². The van der Waals surface area contributed by atoms with Gasteiger partial charge in [0.1, 0.15) is 13.2 Å². The third-order valence-corrected chi connectivity index (χ3v) is 16.3. The van der Waals surface area contributed by atoms with Gasteiger partial charge in [0, 0.05) is 19.3 Å². The molecule has 0 saturated heterocycles. The lowest BCUT2D eigenvalue weighted by Gasteiger charge is -2.18. The fraction of sp³-hybridized carbons (Fsp3) is 0.853. The maximum absolute atomic E-state index is 12.9. The van der Waals surface area contributed by atoms with Crippen LogP contribution in [0.15, 0.2) is 48.6 Å². The van der Waals surface area contributed by atoms with Crippen molar-refractivity contribution < 1.29 is 28.6 Å². The molecule has 6 nitrogen and oxygen atoms in total. The lowest BCUT2D eigenvalue weighted by molar-refractivity contribution is -0.167. The Hall–Kier alpha value is -2.63. The van der Waals surface area contributed by atoms with Crippen LogP contribution in [0.5, 0.6) is 0 Å². The Kier molecular flexibility index (Phi) is 67.6. The van der Waals surface area contributed by atoms with Gasteiger partial charge in [-0.3, -0.25) is 14.4 Å². The van der Waals surface area contributed by atoms with E-state index in [2.05, 4.69) is 69.4 Å². The summed E-state index contributed by atoms with van der Waals surface area (Å²) in [5, 5.41) is 0. The predicted molar refractivity (Wildman–Crippen MR) is 353 cm³/mol. The predicted octanol–water partition coefficient (Wildman–Crippen LogP) is 24.9. The van der Waals surface area contributed by atoms with Crippen LogP contribution in [0.2, 0.25) is 0 Å². The normalized spacial score (nSPS) is 12.3. The minimum absolute atomic E-state index is 0.0648. The minimum Gasteiger partial charge on any atom is -0.462 e. The molecule has 81 heavy (non-hydrogen) atoms. The topological polar surface area (TPSA) is 78.9 Å². The van der Waals surface area contributed by atoms with Gasteiger partial charge in [0.25, 0.3) is 0 Å². The van der Waals surface area contributed by atoms with Crippen molar-refractivity contribution in [3.05, 3.63) is 48.6 Å². The van der Waals surface area contributed by atoms with E-state index in [9.17, 15) is 14.4 Å². The lowest BCUT2D eigenvalue weighted by atomic mass is 10.0. The summed E-state index contributed by atoms with van der Waals surface area (Å²) in [7, 11) is 0. The summed E-state index contributed by atoms with van der Waals surface area (Å²) >= 11 is 0. The first-order chi connectivity index (χ1) is 40.0. The second-order valence-corrected chi connectivity index (χ2v) is 24.5. The van der Waals surface area contributed by atoms with Crippen LogP contribution in [0.1, 0.15) is 393 Å². The van der Waals surface area contributed by atoms with Gasteiger partial charge in [0.15, 0.2) is 6.10 Å². The number of carbonyl (C=O) groups excluding carboxylic acids is 3. The summed E-state index contributed by atoms with van der Waals surface area (Å²) in [6.07, 6.45) is 88.7. The first-order valence-electron chi connectivity index (χ1n) is 36.1. The number of hydrogen-bond acceptors (Lipinski definition) is 6. The molecule has 0 aliphatic heterocycles. The fourth-order valence-corrected chi connectivity index (χ4v) is 11.0. The first kappa shape index (κ1) is 78.4. The average molecular weight is 1140 g/mol. The molecule has 0 amide bonds. The fourth-order valence-electron chi connectivity index (χ4n) is 11.0. The Balaban J connectivity index is 4.14. The molecule has 0 bridgehead atoms. The van der Waals surface area contributed by atoms with Crippen molar-refractivity contribution >= 4 is 17.9 Å². The molecule has 1 unspecified atom stereocenters. The zero-order valence-corrected chi connectivity index (χ0v) is 54.6. The molecule has 0 spiro atoms. The molecular formula is C75H138O6. The molecule has 6 heteroatoms. The van der Waals surface area contributed by atoms with Gasteiger partial charge in [-0.05, 0) is 57.8 Å². The summed E-state index contributed by atoms with van der Waals surface area (Å²) in [4.78, 5) is 38.4. The third kappa shape index (κ3) is 68.0. The first-order valence-corrected chi connectivity index (χ1v) is 36.1. The summed E-state index contributed by atoms with van der Waals surface area (Å²) in [5.74, 6) is -0.833. The molecule has 1 atom stereocenters. The maximum atomic E-state index is 12.9. The number of allylic oxidation sites excluding steroid dienone is 8. The van der Waals surface area contributed by atoms with Crippen LogP contribution in [0.25, 0.3) is 0 Å². The van der Waals surface area contributed by atoms with E-state index < -0.39 is 6.10 Å². The molecule has 0 heterocycles. The standard InChI is InChI=1S/C75H138O6/c1-4-7-10-13-16-19-22-25-27-29-31-33-34-35-36-37-38-39-40-41-42-43-45-46-48-50-53-56-59-62-65-68-74(77)80-71-72(70-79-73(76)67-64-61-58-55-52-24-21-18-15-12-9-6-3)81-75(78)69-66-63-60-57-54-51-49-47-44-32-30-28-26-23-20-17-14-11-8-5-2/h7,10,16,19,25,27,31,33,72H,4-6,8-9,11-15,17-18,20-24,26,28-30,32,34-71H2,1-3H3/b10-7-,19-16-,27-25-,33-31-. The van der Waals surface area contributed by atoms with E-state index in [0.717, 1.165) is 83.5 Å². The highest BCUT2D eigenvalue weighted by Gasteiger charge is 2.19. The van der Waals surface area contributed by atoms with E-state index in [1.165, 1.54) is 270 Å². The van der Waals surface area contributed by atoms with Crippen LogP contribution in [0, 0.1) is 0 Å². The van der Waals surface area contributed by atoms with Crippen molar-refractivity contribution in [2.75, 3.05) is 13.2 Å². The van der Waals surface area contributed by atoms with Crippen LogP contribution in [0.3, 0.4) is 0 Å². The highest BCUT2D eigenvalue weighted by atomic mass is 16.6. The summed E-state index contributed by atoms with van der Waals surface area (Å²) in [6.45, 7) is 6.60. The minimum atomic E-state index is -0.768. The van der Waals surface area contributed by atoms with Gasteiger partial charge in [-0.25, -0.2) is 0 Å². The van der Waals surface area contributed by atoms with Crippen LogP contribution in [0.4, 0.5) is 0 Å². The van der Waals surface area contributed by atoms with E-state index >= 15 is 0 Å². The molecule has 0 aliphatic carbocycles. The Bertz CT molecular complexity index is 1400. The number of esters is 3. The van der Waals surface area contributed by atoms with Crippen molar-refractivity contribution in [1.82, 2.24) is 0 Å². The molecule has 0 fully saturated rings. The summed E-state index contributed by atoms with van der Waals surface area (Å²) in [5.41, 5.74) is 0. The van der Waals surface area contributed by atoms with Crippen LogP contribution >= 0.6 is 0 Å². The van der Waals surface area contributed by atoms with Crippen molar-refractivity contribution in [2.24, 2.45) is 0 Å². The number of carbonyl (C=O) groups is 3. The van der Waals surface area contributed by atoms with E-state index in [-0.39, 0.29) is 31.1 Å². The highest BCUT2D eigenvalue weighted by molar-refractivity contribution is 5.71. The van der Waals surface area contributed by atoms with Crippen molar-refractivity contribution in [2.45, 2.75) is 399 Å². The molecule has 0 aromatic carbocycles. The van der Waals surface area contributed by atoms with Crippen LogP contribution < -0.4 is 0 Å². The monoisotopic (exact) mass is 1140 g/mol. The Morgan fingerprint density at radius 1 is 0.259 bits per heavy atom. The molecule has 0 rings (SSSR count). The van der Waals surface area contributed by atoms with Crippen molar-refractivity contribution in [3.63, 3.8) is 0 Å². The highest BCUT2D eigenvalue weighted by Crippen LogP contribution is 2.19. The van der Waals surface area contributed by atoms with Gasteiger partial charge in [-0.15, -0.1) is 0 Å². The Morgan fingerprint density at radius 2 is 0.481 bits per heavy atom. The number of ether oxygens (including phenoxy) is 3. The van der Waals surface area contributed by atoms with E-state index in [4.69, 9.17) is 14.2 Å². The quantitative estimate of drug-likeness (QED) is 0.0261. The van der Waals surface area contributed by atoms with Crippen molar-refractivity contribution in [1.29, 1.82) is 0 Å². The van der Waals surface area contributed by atoms with Gasteiger partial charge < -0.3 is 14.2 Å². The second-order valence-electron chi connectivity index (χ2n) is 24.5. The van der Waals surface area contributed by atoms with Gasteiger partial charge >= 0.3 is 17.9 Å². The molecule has 0 N–H and O–H groups in total. The molecule has 0 aromatic heterocycles. The molecular weight excluding hydrogens is 997 g/mol. The largest absolute Gasteiger partial charge is 0.462 e. The van der Waals surface area contributed by atoms with Gasteiger partial charge in [-0.1, -0.05) is 365 Å². The average Bonchev–Trinajstić information content (AvgIpc) is 3.47. The SMILES string of the molecule is CC/C=C\C/C=C\C/C=C\C/C=C\CCCCCCCCCCCCCCCCCCCCC(=O)OCC(COC(=O)CCCCCCCCCCCCCC)OC(=O)CCCCCCCCCCCCCCCCCCCCCC. The smallest absolute Gasteiger partial charge is 0.306 e. The molecule has 0 radical (unpaired) electrons. The Morgan fingerprint density at radius 3 is 0.753 bits per heavy atom. The van der Waals surface area contributed by atoms with E-state index in [1.807, 2.05) is 0 Å². The number of hydrogen-bond donors (Lipinski definition) is 0. The number of unbranched alkanes of at least 4 members (excludes halogenated alkanes) is 48. The van der Waals surface area contributed by atoms with E-state index in [0.29, 0.717) is 19.3 Å². The van der Waals surface area contributed by atoms with Crippen LogP contribution in [-0.2, 0) is 28.6 Å². The molecule has 0 aromatic rings. The van der Waals surface area contributed by atoms with Crippen molar-refractivity contribution in [3.8, 4) is 0 Å². The zero-order valence-electron chi connectivity index (χ0n) is 54.6. The third-order valence-electron chi connectivity index (χ3n) is 16.3. The van der Waals surface area contributed by atoms with Gasteiger partial charge in [0.2, 0.25) is 0 Å². The van der Waals surface area contributed by atoms with Crippen LogP contribution in [-0.4, -0.2) is 37.2 Å². The second kappa shape index (κ2) is 69.9.